The Morgan fingerprint density at radius 3 is 2.44 bits per heavy atom. The average Bonchev–Trinajstić information content (AvgIpc) is 2.65. The van der Waals surface area contributed by atoms with Crippen LogP contribution in [0.1, 0.15) is 18.1 Å². The first-order valence-corrected chi connectivity index (χ1v) is 8.51. The Morgan fingerprint density at radius 2 is 1.80 bits per heavy atom. The smallest absolute Gasteiger partial charge is 0.191 e. The van der Waals surface area contributed by atoms with Crippen LogP contribution in [0.5, 0.6) is 11.5 Å². The lowest BCUT2D eigenvalue weighted by Gasteiger charge is -2.14. The van der Waals surface area contributed by atoms with E-state index in [0.717, 1.165) is 35.1 Å². The van der Waals surface area contributed by atoms with E-state index in [1.165, 1.54) is 0 Å². The van der Waals surface area contributed by atoms with Gasteiger partial charge in [-0.2, -0.15) is 0 Å². The fraction of sp³-hybridized carbons (Fsp3) is 0.316. The zero-order valence-corrected chi connectivity index (χ0v) is 15.6. The molecule has 0 amide bonds. The highest BCUT2D eigenvalue weighted by atomic mass is 35.5. The Labute approximate surface area is 154 Å². The van der Waals surface area contributed by atoms with Crippen LogP contribution < -0.4 is 20.1 Å². The Morgan fingerprint density at radius 1 is 1.04 bits per heavy atom. The normalized spacial score (nSPS) is 11.1. The van der Waals surface area contributed by atoms with Gasteiger partial charge in [0, 0.05) is 23.7 Å². The van der Waals surface area contributed by atoms with Gasteiger partial charge in [-0.3, -0.25) is 0 Å². The summed E-state index contributed by atoms with van der Waals surface area (Å²) < 4.78 is 10.5. The van der Waals surface area contributed by atoms with E-state index >= 15 is 0 Å². The lowest BCUT2D eigenvalue weighted by atomic mass is 10.2. The maximum atomic E-state index is 6.00. The molecule has 0 aliphatic heterocycles. The van der Waals surface area contributed by atoms with Crippen molar-refractivity contribution in [2.24, 2.45) is 4.99 Å². The summed E-state index contributed by atoms with van der Waals surface area (Å²) in [5.41, 5.74) is 2.13. The monoisotopic (exact) mass is 361 g/mol. The Balaban J connectivity index is 2.02. The molecule has 0 spiro atoms. The molecule has 5 nitrogen and oxygen atoms in total. The Hall–Kier alpha value is -2.40. The Kier molecular flexibility index (Phi) is 7.41. The topological polar surface area (TPSA) is 54.9 Å². The van der Waals surface area contributed by atoms with E-state index in [1.807, 2.05) is 43.3 Å². The predicted molar refractivity (Wildman–Crippen MR) is 103 cm³/mol. The predicted octanol–water partition coefficient (Wildman–Crippen LogP) is 3.61. The van der Waals surface area contributed by atoms with Crippen LogP contribution in [0, 0.1) is 0 Å². The third kappa shape index (κ3) is 5.87. The van der Waals surface area contributed by atoms with Gasteiger partial charge in [-0.1, -0.05) is 29.8 Å². The maximum absolute atomic E-state index is 6.00. The van der Waals surface area contributed by atoms with Gasteiger partial charge in [-0.15, -0.1) is 0 Å². The molecule has 0 aromatic heterocycles. The van der Waals surface area contributed by atoms with E-state index in [4.69, 9.17) is 21.1 Å². The standard InChI is InChI=1S/C19H24ClN3O2/c1-4-21-19(22-12-14-5-9-17(24-2)10-6-14)23-13-15-7-8-16(20)11-18(15)25-3/h5-11H,4,12-13H2,1-3H3,(H2,21,22,23). The molecule has 0 saturated heterocycles. The number of ether oxygens (including phenoxy) is 2. The molecule has 6 heteroatoms. The molecule has 0 atom stereocenters. The van der Waals surface area contributed by atoms with Gasteiger partial charge >= 0.3 is 0 Å². The number of hydrogen-bond acceptors (Lipinski definition) is 3. The van der Waals surface area contributed by atoms with Gasteiger partial charge in [-0.25, -0.2) is 4.99 Å². The van der Waals surface area contributed by atoms with Gasteiger partial charge in [0.15, 0.2) is 5.96 Å². The minimum Gasteiger partial charge on any atom is -0.497 e. The lowest BCUT2D eigenvalue weighted by Crippen LogP contribution is -2.36. The molecule has 2 rings (SSSR count). The number of halogens is 1. The summed E-state index contributed by atoms with van der Waals surface area (Å²) in [6.07, 6.45) is 0. The highest BCUT2D eigenvalue weighted by Gasteiger charge is 2.05. The van der Waals surface area contributed by atoms with Crippen molar-refractivity contribution in [1.29, 1.82) is 0 Å². The van der Waals surface area contributed by atoms with E-state index in [1.54, 1.807) is 20.3 Å². The van der Waals surface area contributed by atoms with Crippen LogP contribution in [0.25, 0.3) is 0 Å². The number of methoxy groups -OCH3 is 2. The largest absolute Gasteiger partial charge is 0.497 e. The van der Waals surface area contributed by atoms with Crippen LogP contribution >= 0.6 is 11.6 Å². The molecule has 0 radical (unpaired) electrons. The number of guanidine groups is 1. The van der Waals surface area contributed by atoms with Crippen molar-refractivity contribution >= 4 is 17.6 Å². The maximum Gasteiger partial charge on any atom is 0.191 e. The molecular weight excluding hydrogens is 338 g/mol. The molecule has 0 saturated carbocycles. The number of nitrogens with zero attached hydrogens (tertiary/aromatic N) is 1. The van der Waals surface area contributed by atoms with Crippen LogP contribution in [0.4, 0.5) is 0 Å². The molecule has 2 aromatic rings. The van der Waals surface area contributed by atoms with E-state index < -0.39 is 0 Å². The second kappa shape index (κ2) is 9.79. The first-order chi connectivity index (χ1) is 12.2. The summed E-state index contributed by atoms with van der Waals surface area (Å²) >= 11 is 6.00. The molecule has 0 heterocycles. The molecule has 0 unspecified atom stereocenters. The van der Waals surface area contributed by atoms with Crippen LogP contribution in [-0.2, 0) is 13.1 Å². The van der Waals surface area contributed by atoms with Gasteiger partial charge in [0.1, 0.15) is 11.5 Å². The second-order valence-corrected chi connectivity index (χ2v) is 5.79. The van der Waals surface area contributed by atoms with Crippen LogP contribution in [0.3, 0.4) is 0 Å². The molecule has 0 aliphatic carbocycles. The number of nitrogens with one attached hydrogen (secondary N) is 2. The van der Waals surface area contributed by atoms with Crippen molar-refractivity contribution in [2.45, 2.75) is 20.0 Å². The number of benzene rings is 2. The third-order valence-electron chi connectivity index (χ3n) is 3.62. The van der Waals surface area contributed by atoms with Crippen molar-refractivity contribution in [2.75, 3.05) is 20.8 Å². The van der Waals surface area contributed by atoms with Crippen molar-refractivity contribution in [3.8, 4) is 11.5 Å². The van der Waals surface area contributed by atoms with Crippen molar-refractivity contribution in [3.63, 3.8) is 0 Å². The first-order valence-electron chi connectivity index (χ1n) is 8.13. The van der Waals surface area contributed by atoms with Crippen LogP contribution in [-0.4, -0.2) is 26.7 Å². The van der Waals surface area contributed by atoms with Crippen LogP contribution in [0.15, 0.2) is 47.5 Å². The summed E-state index contributed by atoms with van der Waals surface area (Å²) in [7, 11) is 3.30. The lowest BCUT2D eigenvalue weighted by molar-refractivity contribution is 0.409. The van der Waals surface area contributed by atoms with E-state index in [0.29, 0.717) is 18.1 Å². The molecule has 134 valence electrons. The van der Waals surface area contributed by atoms with Gasteiger partial charge in [-0.05, 0) is 36.8 Å². The summed E-state index contributed by atoms with van der Waals surface area (Å²) in [5, 5.41) is 7.21. The molecule has 0 bridgehead atoms. The fourth-order valence-corrected chi connectivity index (χ4v) is 2.45. The molecule has 0 aliphatic rings. The van der Waals surface area contributed by atoms with Crippen molar-refractivity contribution in [1.82, 2.24) is 10.6 Å². The highest BCUT2D eigenvalue weighted by Crippen LogP contribution is 2.22. The van der Waals surface area contributed by atoms with E-state index in [-0.39, 0.29) is 0 Å². The van der Waals surface area contributed by atoms with E-state index in [2.05, 4.69) is 15.6 Å². The minimum atomic E-state index is 0.580. The fourth-order valence-electron chi connectivity index (χ4n) is 2.29. The summed E-state index contributed by atoms with van der Waals surface area (Å²) in [6.45, 7) is 3.99. The Bertz CT molecular complexity index is 702. The summed E-state index contributed by atoms with van der Waals surface area (Å²) in [6, 6.07) is 13.5. The third-order valence-corrected chi connectivity index (χ3v) is 3.85. The molecular formula is C19H24ClN3O2. The summed E-state index contributed by atoms with van der Waals surface area (Å²) in [4.78, 5) is 4.61. The number of rotatable bonds is 7. The molecule has 25 heavy (non-hydrogen) atoms. The average molecular weight is 362 g/mol. The van der Waals surface area contributed by atoms with Gasteiger partial charge in [0.2, 0.25) is 0 Å². The SMILES string of the molecule is CCNC(=NCc1ccc(OC)cc1)NCc1ccc(Cl)cc1OC. The molecule has 2 N–H and O–H groups in total. The highest BCUT2D eigenvalue weighted by molar-refractivity contribution is 6.30. The van der Waals surface area contributed by atoms with Gasteiger partial charge < -0.3 is 20.1 Å². The number of aliphatic imine (C=N–C) groups is 1. The first kappa shape index (κ1) is 18.9. The molecule has 2 aromatic carbocycles. The van der Waals surface area contributed by atoms with Gasteiger partial charge in [0.05, 0.1) is 20.8 Å². The van der Waals surface area contributed by atoms with Crippen molar-refractivity contribution < 1.29 is 9.47 Å². The van der Waals surface area contributed by atoms with Crippen molar-refractivity contribution in [3.05, 3.63) is 58.6 Å². The second-order valence-electron chi connectivity index (χ2n) is 5.35. The zero-order chi connectivity index (χ0) is 18.1. The summed E-state index contributed by atoms with van der Waals surface area (Å²) in [5.74, 6) is 2.34. The quantitative estimate of drug-likeness (QED) is 0.584. The van der Waals surface area contributed by atoms with Gasteiger partial charge in [0.25, 0.3) is 0 Å². The number of hydrogen-bond donors (Lipinski definition) is 2. The molecule has 0 fully saturated rings. The zero-order valence-electron chi connectivity index (χ0n) is 14.8. The van der Waals surface area contributed by atoms with Crippen LogP contribution in [0.2, 0.25) is 5.02 Å². The minimum absolute atomic E-state index is 0.580. The van der Waals surface area contributed by atoms with E-state index in [9.17, 15) is 0 Å².